The van der Waals surface area contributed by atoms with Gasteiger partial charge in [-0.25, -0.2) is 17.6 Å². The molecule has 0 saturated heterocycles. The summed E-state index contributed by atoms with van der Waals surface area (Å²) in [4.78, 5) is 10.6. The third-order valence-electron chi connectivity index (χ3n) is 1.59. The predicted molar refractivity (Wildman–Crippen MR) is 39.8 cm³/mol. The Morgan fingerprint density at radius 3 is 2.14 bits per heavy atom. The van der Waals surface area contributed by atoms with Gasteiger partial charge in [-0.15, -0.1) is 0 Å². The van der Waals surface area contributed by atoms with E-state index in [9.17, 15) is 22.4 Å². The summed E-state index contributed by atoms with van der Waals surface area (Å²) < 4.78 is 49.5. The van der Waals surface area contributed by atoms with Crippen LogP contribution in [0.3, 0.4) is 0 Å². The number of hydrogen-bond acceptors (Lipinski definition) is 1. The van der Waals surface area contributed by atoms with Crippen molar-refractivity contribution in [3.05, 3.63) is 34.9 Å². The quantitative estimate of drug-likeness (QED) is 0.740. The van der Waals surface area contributed by atoms with Gasteiger partial charge in [-0.05, 0) is 12.1 Å². The summed E-state index contributed by atoms with van der Waals surface area (Å²) in [5.74, 6) is -4.05. The van der Waals surface area contributed by atoms with E-state index in [4.69, 9.17) is 5.73 Å². The van der Waals surface area contributed by atoms with Crippen LogP contribution < -0.4 is 5.73 Å². The van der Waals surface area contributed by atoms with E-state index in [1.54, 1.807) is 0 Å². The zero-order valence-electron chi connectivity index (χ0n) is 6.73. The largest absolute Gasteiger partial charge is 0.366 e. The maximum absolute atomic E-state index is 12.6. The second-order valence-electron chi connectivity index (χ2n) is 2.52. The molecule has 0 aliphatic carbocycles. The minimum atomic E-state index is -3.08. The minimum absolute atomic E-state index is 0.264. The molecule has 0 atom stereocenters. The number of alkyl halides is 2. The Balaban J connectivity index is 3.39. The lowest BCUT2D eigenvalue weighted by Gasteiger charge is -2.05. The van der Waals surface area contributed by atoms with Gasteiger partial charge in [0.2, 0.25) is 5.91 Å². The molecule has 2 N–H and O–H groups in total. The Labute approximate surface area is 76.3 Å². The summed E-state index contributed by atoms with van der Waals surface area (Å²) in [5, 5.41) is 0. The highest BCUT2D eigenvalue weighted by atomic mass is 19.3. The highest BCUT2D eigenvalue weighted by Crippen LogP contribution is 2.24. The first kappa shape index (κ1) is 10.5. The second-order valence-corrected chi connectivity index (χ2v) is 2.52. The van der Waals surface area contributed by atoms with Gasteiger partial charge in [0.25, 0.3) is 6.43 Å². The number of primary amides is 1. The Hall–Kier alpha value is -1.59. The Bertz CT molecular complexity index is 378. The molecule has 76 valence electrons. The van der Waals surface area contributed by atoms with E-state index in [0.717, 1.165) is 0 Å². The van der Waals surface area contributed by atoms with Gasteiger partial charge in [0.1, 0.15) is 0 Å². The maximum atomic E-state index is 12.6. The van der Waals surface area contributed by atoms with E-state index >= 15 is 0 Å². The Morgan fingerprint density at radius 2 is 1.71 bits per heavy atom. The Morgan fingerprint density at radius 1 is 1.21 bits per heavy atom. The average Bonchev–Trinajstić information content (AvgIpc) is 2.08. The molecule has 14 heavy (non-hydrogen) atoms. The van der Waals surface area contributed by atoms with Gasteiger partial charge in [0, 0.05) is 5.56 Å². The molecule has 1 aromatic carbocycles. The molecular weight excluding hydrogens is 202 g/mol. The van der Waals surface area contributed by atoms with Crippen molar-refractivity contribution in [2.75, 3.05) is 0 Å². The minimum Gasteiger partial charge on any atom is -0.366 e. The molecule has 0 aliphatic rings. The van der Waals surface area contributed by atoms with E-state index in [2.05, 4.69) is 0 Å². The first-order valence-corrected chi connectivity index (χ1v) is 3.50. The maximum Gasteiger partial charge on any atom is 0.264 e. The van der Waals surface area contributed by atoms with Crippen molar-refractivity contribution in [3.63, 3.8) is 0 Å². The second kappa shape index (κ2) is 3.65. The molecule has 0 bridgehead atoms. The molecule has 0 saturated carbocycles. The summed E-state index contributed by atoms with van der Waals surface area (Å²) in [7, 11) is 0. The molecule has 0 spiro atoms. The number of amides is 1. The van der Waals surface area contributed by atoms with E-state index < -0.39 is 35.1 Å². The standard InChI is InChI=1S/C8H5F4NO/c9-5-1-3(7(11)12)4(8(13)14)2-6(5)10/h1-2,7H,(H2,13,14). The van der Waals surface area contributed by atoms with Gasteiger partial charge in [-0.1, -0.05) is 0 Å². The molecule has 6 heteroatoms. The number of carbonyl (C=O) groups is 1. The lowest BCUT2D eigenvalue weighted by molar-refractivity contribution is 0.0985. The molecule has 0 aliphatic heterocycles. The van der Waals surface area contributed by atoms with Gasteiger partial charge < -0.3 is 5.73 Å². The van der Waals surface area contributed by atoms with Gasteiger partial charge >= 0.3 is 0 Å². The number of rotatable bonds is 2. The van der Waals surface area contributed by atoms with Crippen molar-refractivity contribution < 1.29 is 22.4 Å². The predicted octanol–water partition coefficient (Wildman–Crippen LogP) is 2.00. The Kier molecular flexibility index (Phi) is 2.73. The van der Waals surface area contributed by atoms with Crippen LogP contribution in [0.1, 0.15) is 22.3 Å². The number of nitrogens with two attached hydrogens (primary N) is 1. The van der Waals surface area contributed by atoms with Crippen molar-refractivity contribution in [2.45, 2.75) is 6.43 Å². The van der Waals surface area contributed by atoms with Crippen LogP contribution in [0, 0.1) is 11.6 Å². The molecule has 0 heterocycles. The van der Waals surface area contributed by atoms with Crippen molar-refractivity contribution in [1.29, 1.82) is 0 Å². The first-order valence-electron chi connectivity index (χ1n) is 3.50. The normalized spacial score (nSPS) is 10.6. The van der Waals surface area contributed by atoms with Crippen molar-refractivity contribution in [1.82, 2.24) is 0 Å². The lowest BCUT2D eigenvalue weighted by Crippen LogP contribution is -2.15. The third kappa shape index (κ3) is 1.84. The summed E-state index contributed by atoms with van der Waals surface area (Å²) in [6.07, 6.45) is -3.08. The van der Waals surface area contributed by atoms with Crippen LogP contribution in [-0.4, -0.2) is 5.91 Å². The average molecular weight is 207 g/mol. The fourth-order valence-corrected chi connectivity index (χ4v) is 0.956. The van der Waals surface area contributed by atoms with Gasteiger partial charge in [-0.3, -0.25) is 4.79 Å². The van der Waals surface area contributed by atoms with Crippen LogP contribution in [0.2, 0.25) is 0 Å². The van der Waals surface area contributed by atoms with E-state index in [-0.39, 0.29) is 6.07 Å². The molecule has 1 amide bonds. The summed E-state index contributed by atoms with van der Waals surface area (Å²) in [5.41, 5.74) is 3.09. The fourth-order valence-electron chi connectivity index (χ4n) is 0.956. The number of carbonyl (C=O) groups excluding carboxylic acids is 1. The number of benzene rings is 1. The zero-order chi connectivity index (χ0) is 10.9. The van der Waals surface area contributed by atoms with Crippen LogP contribution in [0.25, 0.3) is 0 Å². The number of hydrogen-bond donors (Lipinski definition) is 1. The molecule has 2 nitrogen and oxygen atoms in total. The van der Waals surface area contributed by atoms with Crippen LogP contribution in [-0.2, 0) is 0 Å². The highest BCUT2D eigenvalue weighted by Gasteiger charge is 2.19. The van der Waals surface area contributed by atoms with E-state index in [1.807, 2.05) is 0 Å². The molecule has 0 fully saturated rings. The molecule has 0 radical (unpaired) electrons. The molecule has 0 unspecified atom stereocenters. The molecule has 1 aromatic rings. The first-order chi connectivity index (χ1) is 6.43. The van der Waals surface area contributed by atoms with Crippen LogP contribution in [0.4, 0.5) is 17.6 Å². The molecular formula is C8H5F4NO. The topological polar surface area (TPSA) is 43.1 Å². The van der Waals surface area contributed by atoms with Gasteiger partial charge in [0.05, 0.1) is 5.56 Å². The van der Waals surface area contributed by atoms with E-state index in [0.29, 0.717) is 6.07 Å². The van der Waals surface area contributed by atoms with Crippen molar-refractivity contribution >= 4 is 5.91 Å². The molecule has 0 aromatic heterocycles. The van der Waals surface area contributed by atoms with Crippen LogP contribution >= 0.6 is 0 Å². The van der Waals surface area contributed by atoms with Gasteiger partial charge in [0.15, 0.2) is 11.6 Å². The fraction of sp³-hybridized carbons (Fsp3) is 0.125. The zero-order valence-corrected chi connectivity index (χ0v) is 6.73. The smallest absolute Gasteiger partial charge is 0.264 e. The summed E-state index contributed by atoms with van der Waals surface area (Å²) in [6.45, 7) is 0. The monoisotopic (exact) mass is 207 g/mol. The van der Waals surface area contributed by atoms with Gasteiger partial charge in [-0.2, -0.15) is 0 Å². The van der Waals surface area contributed by atoms with Crippen molar-refractivity contribution in [2.24, 2.45) is 5.73 Å². The SMILES string of the molecule is NC(=O)c1cc(F)c(F)cc1C(F)F. The van der Waals surface area contributed by atoms with Crippen LogP contribution in [0.15, 0.2) is 12.1 Å². The summed E-state index contributed by atoms with van der Waals surface area (Å²) >= 11 is 0. The van der Waals surface area contributed by atoms with E-state index in [1.165, 1.54) is 0 Å². The number of halogens is 4. The molecule has 1 rings (SSSR count). The summed E-state index contributed by atoms with van der Waals surface area (Å²) in [6, 6.07) is 0.624. The van der Waals surface area contributed by atoms with Crippen molar-refractivity contribution in [3.8, 4) is 0 Å². The lowest BCUT2D eigenvalue weighted by atomic mass is 10.1. The third-order valence-corrected chi connectivity index (χ3v) is 1.59. The highest BCUT2D eigenvalue weighted by molar-refractivity contribution is 5.94. The van der Waals surface area contributed by atoms with Crippen LogP contribution in [0.5, 0.6) is 0 Å².